The van der Waals surface area contributed by atoms with Crippen molar-refractivity contribution in [1.29, 1.82) is 0 Å². The molecule has 0 heterocycles. The van der Waals surface area contributed by atoms with Crippen molar-refractivity contribution in [3.8, 4) is 23.0 Å². The van der Waals surface area contributed by atoms with E-state index in [4.69, 9.17) is 28.4 Å². The van der Waals surface area contributed by atoms with E-state index in [-0.39, 0.29) is 24.3 Å². The Balaban J connectivity index is 1.44. The summed E-state index contributed by atoms with van der Waals surface area (Å²) in [6, 6.07) is 12.9. The van der Waals surface area contributed by atoms with Crippen molar-refractivity contribution in [2.45, 2.75) is 39.5 Å². The van der Waals surface area contributed by atoms with Gasteiger partial charge in [-0.3, -0.25) is 0 Å². The minimum atomic E-state index is -1.13. The molecular formula is C36H36F2O10. The molecule has 3 aromatic carbocycles. The number of benzene rings is 3. The summed E-state index contributed by atoms with van der Waals surface area (Å²) in [5.41, 5.74) is 0.767. The van der Waals surface area contributed by atoms with E-state index in [2.05, 4.69) is 13.2 Å². The van der Waals surface area contributed by atoms with Gasteiger partial charge in [-0.25, -0.2) is 28.0 Å². The third kappa shape index (κ3) is 12.0. The molecule has 0 saturated carbocycles. The standard InChI is InChI=1S/C36H36F2O10/c1-23(2)33(39)45-19-7-5-17-43-27-13-9-25(10-14-27)35(41)47-31-21-30(38)32(22-29(31)37)48-36(42)26-11-15-28(16-12-26)44-18-6-8-20-46-34(40)24(3)4/h9-16,21-22H,1,3,5-8,17-20H2,2,4H3. The minimum absolute atomic E-state index is 0.0564. The molecule has 0 spiro atoms. The fourth-order valence-electron chi connectivity index (χ4n) is 3.72. The zero-order valence-electron chi connectivity index (χ0n) is 26.7. The van der Waals surface area contributed by atoms with E-state index in [1.807, 2.05) is 0 Å². The molecule has 0 aromatic heterocycles. The Bertz CT molecular complexity index is 1490. The van der Waals surface area contributed by atoms with Crippen LogP contribution in [-0.4, -0.2) is 50.3 Å². The molecule has 0 atom stereocenters. The highest BCUT2D eigenvalue weighted by atomic mass is 19.1. The lowest BCUT2D eigenvalue weighted by molar-refractivity contribution is -0.139. The third-order valence-corrected chi connectivity index (χ3v) is 6.35. The van der Waals surface area contributed by atoms with Crippen LogP contribution in [0.25, 0.3) is 0 Å². The maximum Gasteiger partial charge on any atom is 0.343 e. The molecule has 0 aliphatic rings. The Morgan fingerprint density at radius 3 is 1.23 bits per heavy atom. The summed E-state index contributed by atoms with van der Waals surface area (Å²) in [5, 5.41) is 0. The highest BCUT2D eigenvalue weighted by molar-refractivity contribution is 5.92. The minimum Gasteiger partial charge on any atom is -0.494 e. The number of unbranched alkanes of at least 4 members (excludes halogenated alkanes) is 2. The molecule has 10 nitrogen and oxygen atoms in total. The van der Waals surface area contributed by atoms with Gasteiger partial charge in [0.15, 0.2) is 23.1 Å². The highest BCUT2D eigenvalue weighted by Crippen LogP contribution is 2.28. The summed E-state index contributed by atoms with van der Waals surface area (Å²) in [4.78, 5) is 47.8. The first-order chi connectivity index (χ1) is 22.9. The summed E-state index contributed by atoms with van der Waals surface area (Å²) in [5.74, 6) is -5.50. The SMILES string of the molecule is C=C(C)C(=O)OCCCCOc1ccc(C(=O)Oc2cc(F)c(OC(=O)c3ccc(OCCCCOC(=O)C(=C)C)cc3)cc2F)cc1. The van der Waals surface area contributed by atoms with Gasteiger partial charge in [0.1, 0.15) is 11.5 Å². The summed E-state index contributed by atoms with van der Waals surface area (Å²) in [6.45, 7) is 11.3. The number of esters is 4. The molecule has 0 aliphatic heterocycles. The predicted octanol–water partition coefficient (Wildman–Crippen LogP) is 6.96. The van der Waals surface area contributed by atoms with Crippen LogP contribution >= 0.6 is 0 Å². The van der Waals surface area contributed by atoms with Gasteiger partial charge in [-0.05, 0) is 88.1 Å². The van der Waals surface area contributed by atoms with Crippen molar-refractivity contribution < 1.29 is 56.4 Å². The number of hydrogen-bond donors (Lipinski definition) is 0. The average molecular weight is 667 g/mol. The van der Waals surface area contributed by atoms with E-state index in [0.717, 1.165) is 0 Å². The number of carbonyl (C=O) groups is 4. The van der Waals surface area contributed by atoms with Crippen molar-refractivity contribution >= 4 is 23.9 Å². The lowest BCUT2D eigenvalue weighted by Crippen LogP contribution is -2.12. The van der Waals surface area contributed by atoms with Gasteiger partial charge in [-0.15, -0.1) is 0 Å². The lowest BCUT2D eigenvalue weighted by atomic mass is 10.2. The molecule has 3 aromatic rings. The van der Waals surface area contributed by atoms with E-state index >= 15 is 0 Å². The number of ether oxygens (including phenoxy) is 6. The van der Waals surface area contributed by atoms with Crippen LogP contribution < -0.4 is 18.9 Å². The monoisotopic (exact) mass is 666 g/mol. The third-order valence-electron chi connectivity index (χ3n) is 6.35. The molecule has 0 N–H and O–H groups in total. The molecule has 0 amide bonds. The van der Waals surface area contributed by atoms with Crippen molar-refractivity contribution in [3.63, 3.8) is 0 Å². The van der Waals surface area contributed by atoms with Crippen LogP contribution in [0, 0.1) is 11.6 Å². The second-order valence-corrected chi connectivity index (χ2v) is 10.5. The Morgan fingerprint density at radius 2 is 0.896 bits per heavy atom. The summed E-state index contributed by atoms with van der Waals surface area (Å²) >= 11 is 0. The predicted molar refractivity (Wildman–Crippen MR) is 170 cm³/mol. The topological polar surface area (TPSA) is 124 Å². The average Bonchev–Trinajstić information content (AvgIpc) is 3.06. The fraction of sp³-hybridized carbons (Fsp3) is 0.278. The molecule has 0 radical (unpaired) electrons. The van der Waals surface area contributed by atoms with Gasteiger partial charge in [0.25, 0.3) is 0 Å². The summed E-state index contributed by atoms with van der Waals surface area (Å²) < 4.78 is 60.7. The Hall–Kier alpha value is -5.52. The molecule has 0 unspecified atom stereocenters. The van der Waals surface area contributed by atoms with E-state index in [0.29, 0.717) is 73.7 Å². The van der Waals surface area contributed by atoms with E-state index in [9.17, 15) is 28.0 Å². The molecule has 3 rings (SSSR count). The van der Waals surface area contributed by atoms with Crippen LogP contribution in [0.4, 0.5) is 8.78 Å². The first kappa shape index (κ1) is 36.9. The maximum atomic E-state index is 14.7. The largest absolute Gasteiger partial charge is 0.494 e. The number of halogens is 2. The molecule has 0 fully saturated rings. The van der Waals surface area contributed by atoms with E-state index < -0.39 is 47.0 Å². The van der Waals surface area contributed by atoms with Crippen LogP contribution in [-0.2, 0) is 19.1 Å². The van der Waals surface area contributed by atoms with Crippen LogP contribution in [0.3, 0.4) is 0 Å². The molecule has 48 heavy (non-hydrogen) atoms. The normalized spacial score (nSPS) is 10.4. The van der Waals surface area contributed by atoms with Crippen molar-refractivity contribution in [1.82, 2.24) is 0 Å². The highest BCUT2D eigenvalue weighted by Gasteiger charge is 2.19. The van der Waals surface area contributed by atoms with Crippen LogP contribution in [0.5, 0.6) is 23.0 Å². The van der Waals surface area contributed by atoms with Crippen LogP contribution in [0.2, 0.25) is 0 Å². The first-order valence-corrected chi connectivity index (χ1v) is 15.0. The van der Waals surface area contributed by atoms with Crippen molar-refractivity contribution in [2.75, 3.05) is 26.4 Å². The molecule has 0 aliphatic carbocycles. The zero-order valence-corrected chi connectivity index (χ0v) is 26.7. The van der Waals surface area contributed by atoms with E-state index in [1.54, 1.807) is 13.8 Å². The van der Waals surface area contributed by atoms with Crippen LogP contribution in [0.1, 0.15) is 60.2 Å². The molecule has 0 saturated heterocycles. The van der Waals surface area contributed by atoms with Crippen molar-refractivity contribution in [2.24, 2.45) is 0 Å². The molecule has 0 bridgehead atoms. The summed E-state index contributed by atoms with van der Waals surface area (Å²) in [7, 11) is 0. The van der Waals surface area contributed by atoms with Crippen molar-refractivity contribution in [3.05, 3.63) is 108 Å². The Morgan fingerprint density at radius 1 is 0.562 bits per heavy atom. The van der Waals surface area contributed by atoms with Gasteiger partial charge in [-0.1, -0.05) is 13.2 Å². The van der Waals surface area contributed by atoms with Gasteiger partial charge in [-0.2, -0.15) is 0 Å². The van der Waals surface area contributed by atoms with Gasteiger partial charge < -0.3 is 28.4 Å². The van der Waals surface area contributed by atoms with E-state index in [1.165, 1.54) is 48.5 Å². The van der Waals surface area contributed by atoms with Gasteiger partial charge in [0.05, 0.1) is 37.6 Å². The first-order valence-electron chi connectivity index (χ1n) is 15.0. The summed E-state index contributed by atoms with van der Waals surface area (Å²) in [6.07, 6.45) is 2.41. The van der Waals surface area contributed by atoms with Gasteiger partial charge in [0.2, 0.25) is 0 Å². The quantitative estimate of drug-likeness (QED) is 0.0609. The lowest BCUT2D eigenvalue weighted by Gasteiger charge is -2.11. The second kappa shape index (κ2) is 18.6. The molecule has 254 valence electrons. The second-order valence-electron chi connectivity index (χ2n) is 10.5. The Labute approximate surface area is 276 Å². The zero-order chi connectivity index (χ0) is 35.1. The number of carbonyl (C=O) groups excluding carboxylic acids is 4. The molecule has 12 heteroatoms. The number of hydrogen-bond acceptors (Lipinski definition) is 10. The fourth-order valence-corrected chi connectivity index (χ4v) is 3.72. The molecular weight excluding hydrogens is 630 g/mol. The Kier molecular flexibility index (Phi) is 14.3. The van der Waals surface area contributed by atoms with Crippen LogP contribution in [0.15, 0.2) is 85.0 Å². The van der Waals surface area contributed by atoms with Gasteiger partial charge in [0, 0.05) is 23.3 Å². The maximum absolute atomic E-state index is 14.7. The van der Waals surface area contributed by atoms with Gasteiger partial charge >= 0.3 is 23.9 Å². The number of rotatable bonds is 18. The smallest absolute Gasteiger partial charge is 0.343 e.